The minimum atomic E-state index is -3.08. The molecule has 0 spiro atoms. The van der Waals surface area contributed by atoms with Crippen LogP contribution in [-0.2, 0) is 42.8 Å². The van der Waals surface area contributed by atoms with Crippen LogP contribution in [0.3, 0.4) is 0 Å². The highest BCUT2D eigenvalue weighted by molar-refractivity contribution is 5.77. The summed E-state index contributed by atoms with van der Waals surface area (Å²) < 4.78 is 34.8. The number of carbonyl (C=O) groups excluding carboxylic acids is 2. The summed E-state index contributed by atoms with van der Waals surface area (Å²) in [6.07, 6.45) is 29.2. The molecule has 3 fully saturated rings. The number of allylic oxidation sites excluding steroid dienone is 5. The molecule has 18 unspecified atom stereocenters. The number of amides is 2. The molecule has 0 aromatic carbocycles. The van der Waals surface area contributed by atoms with Crippen LogP contribution >= 0.6 is 0 Å². The van der Waals surface area contributed by atoms with Crippen LogP contribution in [0.2, 0.25) is 0 Å². The second-order valence-electron chi connectivity index (χ2n) is 27.5. The van der Waals surface area contributed by atoms with Crippen molar-refractivity contribution in [3.8, 4) is 0 Å². The molecule has 3 rings (SSSR count). The molecule has 0 aromatic heterocycles. The molecule has 3 saturated heterocycles. The molecule has 14 N–H and O–H groups in total. The van der Waals surface area contributed by atoms with Gasteiger partial charge in [-0.25, -0.2) is 4.79 Å². The van der Waals surface area contributed by atoms with E-state index in [0.717, 1.165) is 58.3 Å². The molecule has 2 amide bonds. The van der Waals surface area contributed by atoms with Crippen molar-refractivity contribution in [2.45, 2.75) is 387 Å². The second-order valence-corrected chi connectivity index (χ2v) is 27.5. The maximum atomic E-state index is 13.5. The minimum Gasteiger partial charge on any atom is -0.477 e. The van der Waals surface area contributed by atoms with Crippen LogP contribution in [0.25, 0.3) is 0 Å². The molecule has 0 radical (unpaired) electrons. The van der Waals surface area contributed by atoms with Gasteiger partial charge < -0.3 is 100 Å². The molecular weight excluding hydrogens is 1250 g/mol. The third-order valence-electron chi connectivity index (χ3n) is 19.1. The molecule has 3 aliphatic heterocycles. The molecule has 18 atom stereocenters. The SMILES string of the molecule is CCCCCCCCCCC/C=C\C/C=C\CCCCCCCCCCCCCCCCCC(=O)NC(COC1OC(CO)C(OC2OC(CO)C(O)C(OC3(C(=O)O)CC(O)C(NC(C)=O)C(C(O)C(O)CO)O3)C2O)C(O)C1O)C(O)/C=C/CCCCCCCCCCCC. The first kappa shape index (κ1) is 88.2. The molecule has 0 bridgehead atoms. The van der Waals surface area contributed by atoms with Crippen LogP contribution in [-0.4, -0.2) is 215 Å². The highest BCUT2D eigenvalue weighted by atomic mass is 16.8. The van der Waals surface area contributed by atoms with Gasteiger partial charge in [0.2, 0.25) is 11.8 Å². The van der Waals surface area contributed by atoms with Gasteiger partial charge in [0.15, 0.2) is 12.6 Å². The van der Waals surface area contributed by atoms with E-state index in [2.05, 4.69) is 48.8 Å². The minimum absolute atomic E-state index is 0.200. The standard InChI is InChI=1S/C74H134N2O21/c1-4-6-8-10-12-14-16-18-19-20-21-22-23-24-25-26-27-28-29-30-31-32-33-34-35-36-38-40-42-44-46-48-61(84)76-55(56(81)47-45-43-41-39-37-17-15-13-11-9-7-5-2)53-92-71-66(88)65(87)68(60(52-79)94-71)95-72-67(89)70(64(86)59(51-78)93-72)97-74(73(90)91)49-57(82)62(75-54(3)80)69(96-74)63(85)58(83)50-77/h21-22,24-25,45,47,55-60,62-72,77-79,81-83,85-89H,4-20,23,26-44,46,48-53H2,1-3H3,(H,75,80)(H,76,84)(H,90,91)/b22-21-,25-24-,47-45+. The summed E-state index contributed by atoms with van der Waals surface area (Å²) in [6, 6.07) is -2.62. The number of aliphatic hydroxyl groups is 11. The lowest BCUT2D eigenvalue weighted by atomic mass is 9.88. The number of rotatable bonds is 58. The fourth-order valence-corrected chi connectivity index (χ4v) is 13.0. The van der Waals surface area contributed by atoms with Crippen molar-refractivity contribution in [2.75, 3.05) is 26.4 Å². The van der Waals surface area contributed by atoms with Gasteiger partial charge in [0.25, 0.3) is 5.79 Å². The zero-order chi connectivity index (χ0) is 71.1. The number of hydrogen-bond donors (Lipinski definition) is 14. The summed E-state index contributed by atoms with van der Waals surface area (Å²) in [7, 11) is 0. The Balaban J connectivity index is 1.48. The highest BCUT2D eigenvalue weighted by Gasteiger charge is 2.60. The van der Waals surface area contributed by atoms with Crippen LogP contribution in [0.5, 0.6) is 0 Å². The maximum Gasteiger partial charge on any atom is 0.364 e. The molecule has 3 aliphatic rings. The lowest BCUT2D eigenvalue weighted by Crippen LogP contribution is -2.70. The summed E-state index contributed by atoms with van der Waals surface area (Å²) in [6.45, 7) is 2.13. The Morgan fingerprint density at radius 2 is 1.00 bits per heavy atom. The third-order valence-corrected chi connectivity index (χ3v) is 19.1. The van der Waals surface area contributed by atoms with Gasteiger partial charge in [0.05, 0.1) is 50.7 Å². The number of carboxylic acids is 1. The van der Waals surface area contributed by atoms with E-state index in [4.69, 9.17) is 28.4 Å². The Labute approximate surface area is 580 Å². The second kappa shape index (κ2) is 53.7. The Kier molecular flexibility index (Phi) is 48.8. The van der Waals surface area contributed by atoms with E-state index in [9.17, 15) is 75.7 Å². The van der Waals surface area contributed by atoms with Crippen molar-refractivity contribution in [1.29, 1.82) is 0 Å². The Hall–Kier alpha value is -3.05. The Morgan fingerprint density at radius 1 is 0.546 bits per heavy atom. The molecule has 0 saturated carbocycles. The quantitative estimate of drug-likeness (QED) is 0.0200. The fourth-order valence-electron chi connectivity index (χ4n) is 13.0. The van der Waals surface area contributed by atoms with Gasteiger partial charge in [0.1, 0.15) is 67.1 Å². The van der Waals surface area contributed by atoms with Crippen molar-refractivity contribution >= 4 is 17.8 Å². The lowest BCUT2D eigenvalue weighted by Gasteiger charge is -2.50. The maximum absolute atomic E-state index is 13.5. The third kappa shape index (κ3) is 35.1. The molecule has 0 aliphatic carbocycles. The van der Waals surface area contributed by atoms with Gasteiger partial charge in [-0.2, -0.15) is 0 Å². The Morgan fingerprint density at radius 3 is 1.45 bits per heavy atom. The van der Waals surface area contributed by atoms with Crippen molar-refractivity contribution in [2.24, 2.45) is 0 Å². The van der Waals surface area contributed by atoms with Crippen molar-refractivity contribution in [3.63, 3.8) is 0 Å². The van der Waals surface area contributed by atoms with Crippen LogP contribution in [0, 0.1) is 0 Å². The fraction of sp³-hybridized carbons (Fsp3) is 0.878. The summed E-state index contributed by atoms with van der Waals surface area (Å²) in [5.74, 6) is -6.14. The van der Waals surface area contributed by atoms with Crippen molar-refractivity contribution < 1.29 is 104 Å². The number of unbranched alkanes of at least 4 members (excludes halogenated alkanes) is 34. The number of aliphatic carboxylic acids is 1. The number of ether oxygens (including phenoxy) is 6. The predicted molar refractivity (Wildman–Crippen MR) is 371 cm³/mol. The van der Waals surface area contributed by atoms with E-state index in [1.54, 1.807) is 6.08 Å². The van der Waals surface area contributed by atoms with E-state index >= 15 is 0 Å². The summed E-state index contributed by atoms with van der Waals surface area (Å²) >= 11 is 0. The number of aliphatic hydroxyl groups excluding tert-OH is 11. The molecule has 3 heterocycles. The number of carbonyl (C=O) groups is 3. The summed E-state index contributed by atoms with van der Waals surface area (Å²) in [5, 5.41) is 136. The highest BCUT2D eigenvalue weighted by Crippen LogP contribution is 2.39. The average Bonchev–Trinajstić information content (AvgIpc) is 0.757. The zero-order valence-corrected chi connectivity index (χ0v) is 59.4. The molecule has 566 valence electrons. The van der Waals surface area contributed by atoms with Crippen LogP contribution in [0.15, 0.2) is 36.5 Å². The summed E-state index contributed by atoms with van der Waals surface area (Å²) in [4.78, 5) is 38.6. The van der Waals surface area contributed by atoms with Gasteiger partial charge in [-0.3, -0.25) is 9.59 Å². The first-order valence-corrected chi connectivity index (χ1v) is 37.9. The van der Waals surface area contributed by atoms with Crippen LogP contribution in [0.1, 0.15) is 278 Å². The number of carboxylic acid groups (broad SMARTS) is 1. The average molecular weight is 1390 g/mol. The first-order chi connectivity index (χ1) is 46.9. The van der Waals surface area contributed by atoms with Gasteiger partial charge in [-0.05, 0) is 51.4 Å². The van der Waals surface area contributed by atoms with Crippen LogP contribution < -0.4 is 10.6 Å². The van der Waals surface area contributed by atoms with Gasteiger partial charge in [-0.1, -0.05) is 243 Å². The van der Waals surface area contributed by atoms with Crippen LogP contribution in [0.4, 0.5) is 0 Å². The van der Waals surface area contributed by atoms with Gasteiger partial charge >= 0.3 is 5.97 Å². The van der Waals surface area contributed by atoms with Gasteiger partial charge in [-0.15, -0.1) is 0 Å². The normalized spacial score (nSPS) is 27.6. The lowest BCUT2D eigenvalue weighted by molar-refractivity contribution is -0.386. The first-order valence-electron chi connectivity index (χ1n) is 37.9. The summed E-state index contributed by atoms with van der Waals surface area (Å²) in [5.41, 5.74) is 0. The van der Waals surface area contributed by atoms with Gasteiger partial charge in [0, 0.05) is 19.8 Å². The van der Waals surface area contributed by atoms with E-state index in [0.29, 0.717) is 12.8 Å². The zero-order valence-electron chi connectivity index (χ0n) is 59.4. The molecule has 23 nitrogen and oxygen atoms in total. The largest absolute Gasteiger partial charge is 0.477 e. The smallest absolute Gasteiger partial charge is 0.364 e. The predicted octanol–water partition coefficient (Wildman–Crippen LogP) is 8.57. The van der Waals surface area contributed by atoms with Crippen molar-refractivity contribution in [3.05, 3.63) is 36.5 Å². The topological polar surface area (TPSA) is 373 Å². The monoisotopic (exact) mass is 1390 g/mol. The van der Waals surface area contributed by atoms with E-state index in [1.807, 2.05) is 6.08 Å². The van der Waals surface area contributed by atoms with E-state index in [-0.39, 0.29) is 12.3 Å². The Bertz CT molecular complexity index is 2090. The molecular formula is C74H134N2O21. The number of nitrogens with one attached hydrogen (secondary N) is 2. The van der Waals surface area contributed by atoms with E-state index in [1.165, 1.54) is 180 Å². The molecule has 0 aromatic rings. The number of hydrogen-bond acceptors (Lipinski definition) is 20. The van der Waals surface area contributed by atoms with E-state index < -0.39 is 155 Å². The molecule has 23 heteroatoms. The van der Waals surface area contributed by atoms with Crippen molar-refractivity contribution in [1.82, 2.24) is 10.6 Å². The molecule has 97 heavy (non-hydrogen) atoms.